The van der Waals surface area contributed by atoms with E-state index in [2.05, 4.69) is 5.10 Å². The normalized spacial score (nSPS) is 9.90. The predicted molar refractivity (Wildman–Crippen MR) is 80.1 cm³/mol. The number of nitrogens with zero attached hydrogens (tertiary/aromatic N) is 2. The average molecular weight is 340 g/mol. The van der Waals surface area contributed by atoms with Gasteiger partial charge in [0.15, 0.2) is 11.4 Å². The second kappa shape index (κ2) is 9.59. The van der Waals surface area contributed by atoms with Crippen LogP contribution in [0.4, 0.5) is 0 Å². The van der Waals surface area contributed by atoms with Gasteiger partial charge in [-0.3, -0.25) is 4.68 Å². The van der Waals surface area contributed by atoms with Gasteiger partial charge in [-0.05, 0) is 26.8 Å². The molecule has 0 aliphatic rings. The molecule has 21 heavy (non-hydrogen) atoms. The van der Waals surface area contributed by atoms with Gasteiger partial charge in [-0.2, -0.15) is 5.10 Å². The van der Waals surface area contributed by atoms with Crippen LogP contribution in [0, 0.1) is 0 Å². The van der Waals surface area contributed by atoms with Crippen LogP contribution in [0.25, 0.3) is 0 Å². The number of carbonyl (C=O) groups is 2. The molecule has 0 saturated carbocycles. The molecule has 1 heterocycles. The minimum atomic E-state index is -0.672. The smallest absolute Gasteiger partial charge is 0.360 e. The van der Waals surface area contributed by atoms with E-state index in [1.807, 2.05) is 0 Å². The molecule has 0 aromatic carbocycles. The second-order valence-corrected chi connectivity index (χ2v) is 4.20. The van der Waals surface area contributed by atoms with Gasteiger partial charge in [0.1, 0.15) is 5.02 Å². The van der Waals surface area contributed by atoms with E-state index in [9.17, 15) is 9.59 Å². The SMILES string of the molecule is CCOC(=O)c1nn(CCCN)c(C(=O)OCC)c1Cl.Cl. The predicted octanol–water partition coefficient (Wildman–Crippen LogP) is 1.66. The Morgan fingerprint density at radius 2 is 1.81 bits per heavy atom. The molecule has 1 aromatic heterocycles. The zero-order valence-corrected chi connectivity index (χ0v) is 13.5. The number of halogens is 2. The van der Waals surface area contributed by atoms with Crippen molar-refractivity contribution in [2.75, 3.05) is 19.8 Å². The fourth-order valence-corrected chi connectivity index (χ4v) is 1.86. The summed E-state index contributed by atoms with van der Waals surface area (Å²) in [6.45, 7) is 4.53. The molecule has 0 amide bonds. The average Bonchev–Trinajstić information content (AvgIpc) is 2.74. The number of hydrogen-bond donors (Lipinski definition) is 1. The van der Waals surface area contributed by atoms with E-state index in [-0.39, 0.29) is 42.0 Å². The molecule has 120 valence electrons. The lowest BCUT2D eigenvalue weighted by Gasteiger charge is -2.06. The first-order valence-electron chi connectivity index (χ1n) is 6.37. The molecule has 7 nitrogen and oxygen atoms in total. The van der Waals surface area contributed by atoms with E-state index in [1.54, 1.807) is 13.8 Å². The van der Waals surface area contributed by atoms with Gasteiger partial charge in [-0.15, -0.1) is 12.4 Å². The van der Waals surface area contributed by atoms with Gasteiger partial charge in [-0.25, -0.2) is 9.59 Å². The van der Waals surface area contributed by atoms with Crippen LogP contribution < -0.4 is 5.73 Å². The lowest BCUT2D eigenvalue weighted by Crippen LogP contribution is -2.15. The highest BCUT2D eigenvalue weighted by Crippen LogP contribution is 2.23. The Morgan fingerprint density at radius 1 is 1.24 bits per heavy atom. The Balaban J connectivity index is 0.00000400. The maximum atomic E-state index is 11.9. The third kappa shape index (κ3) is 4.87. The number of ether oxygens (including phenoxy) is 2. The lowest BCUT2D eigenvalue weighted by molar-refractivity contribution is 0.0505. The largest absolute Gasteiger partial charge is 0.461 e. The number of aromatic nitrogens is 2. The van der Waals surface area contributed by atoms with E-state index in [4.69, 9.17) is 26.8 Å². The highest BCUT2D eigenvalue weighted by atomic mass is 35.5. The van der Waals surface area contributed by atoms with Crippen molar-refractivity contribution < 1.29 is 19.1 Å². The Hall–Kier alpha value is -1.31. The first-order valence-corrected chi connectivity index (χ1v) is 6.75. The molecule has 0 saturated heterocycles. The molecule has 0 spiro atoms. The molecule has 2 N–H and O–H groups in total. The van der Waals surface area contributed by atoms with E-state index in [0.717, 1.165) is 0 Å². The van der Waals surface area contributed by atoms with Crippen molar-refractivity contribution in [2.45, 2.75) is 26.8 Å². The first-order chi connectivity index (χ1) is 9.56. The van der Waals surface area contributed by atoms with Crippen molar-refractivity contribution >= 4 is 35.9 Å². The van der Waals surface area contributed by atoms with Crippen molar-refractivity contribution in [3.8, 4) is 0 Å². The second-order valence-electron chi connectivity index (χ2n) is 3.82. The Morgan fingerprint density at radius 3 is 2.33 bits per heavy atom. The molecular formula is C12H19Cl2N3O4. The van der Waals surface area contributed by atoms with E-state index < -0.39 is 11.9 Å². The van der Waals surface area contributed by atoms with Crippen LogP contribution in [-0.2, 0) is 16.0 Å². The zero-order valence-electron chi connectivity index (χ0n) is 11.9. The van der Waals surface area contributed by atoms with Crippen molar-refractivity contribution in [3.63, 3.8) is 0 Å². The van der Waals surface area contributed by atoms with Gasteiger partial charge < -0.3 is 15.2 Å². The van der Waals surface area contributed by atoms with Crippen molar-refractivity contribution in [3.05, 3.63) is 16.4 Å². The van der Waals surface area contributed by atoms with Crippen LogP contribution in [0.1, 0.15) is 41.2 Å². The van der Waals surface area contributed by atoms with Crippen LogP contribution in [-0.4, -0.2) is 41.5 Å². The minimum absolute atomic E-state index is 0. The van der Waals surface area contributed by atoms with Gasteiger partial charge in [0.05, 0.1) is 13.2 Å². The topological polar surface area (TPSA) is 96.4 Å². The molecule has 0 radical (unpaired) electrons. The summed E-state index contributed by atoms with van der Waals surface area (Å²) in [7, 11) is 0. The number of rotatable bonds is 7. The number of carbonyl (C=O) groups excluding carboxylic acids is 2. The van der Waals surface area contributed by atoms with Gasteiger partial charge in [0.25, 0.3) is 0 Å². The molecule has 9 heteroatoms. The molecule has 0 fully saturated rings. The van der Waals surface area contributed by atoms with Crippen LogP contribution in [0.15, 0.2) is 0 Å². The molecule has 0 unspecified atom stereocenters. The Bertz CT molecular complexity index is 491. The summed E-state index contributed by atoms with van der Waals surface area (Å²) in [5.74, 6) is -1.30. The van der Waals surface area contributed by atoms with Crippen LogP contribution >= 0.6 is 24.0 Å². The van der Waals surface area contributed by atoms with E-state index >= 15 is 0 Å². The fraction of sp³-hybridized carbons (Fsp3) is 0.583. The summed E-state index contributed by atoms with van der Waals surface area (Å²) in [4.78, 5) is 23.6. The van der Waals surface area contributed by atoms with Crippen molar-refractivity contribution in [1.29, 1.82) is 0 Å². The monoisotopic (exact) mass is 339 g/mol. The van der Waals surface area contributed by atoms with Gasteiger partial charge in [-0.1, -0.05) is 11.6 Å². The fourth-order valence-electron chi connectivity index (χ4n) is 1.57. The van der Waals surface area contributed by atoms with Gasteiger partial charge in [0, 0.05) is 6.54 Å². The van der Waals surface area contributed by atoms with E-state index in [1.165, 1.54) is 4.68 Å². The minimum Gasteiger partial charge on any atom is -0.461 e. The van der Waals surface area contributed by atoms with Crippen molar-refractivity contribution in [1.82, 2.24) is 9.78 Å². The summed E-state index contributed by atoms with van der Waals surface area (Å²) in [5, 5.41) is 3.97. The maximum absolute atomic E-state index is 11.9. The molecular weight excluding hydrogens is 321 g/mol. The molecule has 1 rings (SSSR count). The zero-order chi connectivity index (χ0) is 15.1. The van der Waals surface area contributed by atoms with Crippen molar-refractivity contribution in [2.24, 2.45) is 5.73 Å². The summed E-state index contributed by atoms with van der Waals surface area (Å²) in [5.41, 5.74) is 5.39. The first kappa shape index (κ1) is 19.7. The van der Waals surface area contributed by atoms with Gasteiger partial charge in [0.2, 0.25) is 0 Å². The third-order valence-corrected chi connectivity index (χ3v) is 2.76. The maximum Gasteiger partial charge on any atom is 0.360 e. The highest BCUT2D eigenvalue weighted by Gasteiger charge is 2.27. The highest BCUT2D eigenvalue weighted by molar-refractivity contribution is 6.36. The third-order valence-electron chi connectivity index (χ3n) is 2.41. The summed E-state index contributed by atoms with van der Waals surface area (Å²) < 4.78 is 11.1. The number of hydrogen-bond acceptors (Lipinski definition) is 6. The standard InChI is InChI=1S/C12H18ClN3O4.ClH/c1-3-19-11(17)9-8(13)10(12(18)20-4-2)16(15-9)7-5-6-14;/h3-7,14H2,1-2H3;1H. The number of aryl methyl sites for hydroxylation is 1. The van der Waals surface area contributed by atoms with Crippen LogP contribution in [0.2, 0.25) is 5.02 Å². The number of esters is 2. The molecule has 0 aliphatic carbocycles. The Labute approximate surface area is 134 Å². The Kier molecular flexibility index (Phi) is 9.00. The number of nitrogens with two attached hydrogens (primary N) is 1. The summed E-state index contributed by atoms with van der Waals surface area (Å²) in [6, 6.07) is 0. The van der Waals surface area contributed by atoms with E-state index in [0.29, 0.717) is 19.5 Å². The van der Waals surface area contributed by atoms with Crippen LogP contribution in [0.3, 0.4) is 0 Å². The molecule has 0 aliphatic heterocycles. The molecule has 0 bridgehead atoms. The molecule has 0 atom stereocenters. The van der Waals surface area contributed by atoms with Crippen LogP contribution in [0.5, 0.6) is 0 Å². The van der Waals surface area contributed by atoms with Gasteiger partial charge >= 0.3 is 11.9 Å². The quantitative estimate of drug-likeness (QED) is 0.759. The lowest BCUT2D eigenvalue weighted by atomic mass is 10.3. The summed E-state index contributed by atoms with van der Waals surface area (Å²) in [6.07, 6.45) is 0.590. The summed E-state index contributed by atoms with van der Waals surface area (Å²) >= 11 is 6.05. The molecule has 1 aromatic rings.